The van der Waals surface area contributed by atoms with E-state index >= 15 is 0 Å². The summed E-state index contributed by atoms with van der Waals surface area (Å²) in [7, 11) is 3.21. The second kappa shape index (κ2) is 12.9. The highest BCUT2D eigenvalue weighted by Crippen LogP contribution is 2.27. The van der Waals surface area contributed by atoms with Crippen LogP contribution in [-0.4, -0.2) is 31.1 Å². The Labute approximate surface area is 194 Å². The fourth-order valence-corrected chi connectivity index (χ4v) is 2.56. The van der Waals surface area contributed by atoms with Crippen LogP contribution in [0.25, 0.3) is 0 Å². The van der Waals surface area contributed by atoms with Gasteiger partial charge in [0.15, 0.2) is 17.5 Å². The SMILES string of the molecule is CCC(C)NC(=NCc1ccc(OC)c(OC)c1)NCc1ccc([N+](=O)[O-])cc1.I. The number of methoxy groups -OCH3 is 2. The van der Waals surface area contributed by atoms with Crippen molar-refractivity contribution in [3.8, 4) is 11.5 Å². The average Bonchev–Trinajstić information content (AvgIpc) is 2.75. The number of nitro benzene ring substituents is 1. The van der Waals surface area contributed by atoms with Crippen molar-refractivity contribution in [2.45, 2.75) is 39.4 Å². The Balaban J connectivity index is 0.00000450. The summed E-state index contributed by atoms with van der Waals surface area (Å²) in [4.78, 5) is 15.0. The molecule has 0 fully saturated rings. The van der Waals surface area contributed by atoms with Gasteiger partial charge in [0.25, 0.3) is 5.69 Å². The lowest BCUT2D eigenvalue weighted by molar-refractivity contribution is -0.384. The Hall–Kier alpha value is -2.56. The minimum absolute atomic E-state index is 0. The Bertz CT molecular complexity index is 843. The van der Waals surface area contributed by atoms with Crippen LogP contribution < -0.4 is 20.1 Å². The summed E-state index contributed by atoms with van der Waals surface area (Å²) >= 11 is 0. The van der Waals surface area contributed by atoms with Crippen LogP contribution in [-0.2, 0) is 13.1 Å². The third-order valence-electron chi connectivity index (χ3n) is 4.47. The summed E-state index contributed by atoms with van der Waals surface area (Å²) < 4.78 is 10.6. The molecule has 0 bridgehead atoms. The highest BCUT2D eigenvalue weighted by molar-refractivity contribution is 14.0. The van der Waals surface area contributed by atoms with Crippen molar-refractivity contribution >= 4 is 35.6 Å². The molecule has 0 saturated carbocycles. The molecule has 164 valence electrons. The van der Waals surface area contributed by atoms with E-state index in [-0.39, 0.29) is 35.7 Å². The number of hydrogen-bond donors (Lipinski definition) is 2. The molecule has 0 aromatic heterocycles. The van der Waals surface area contributed by atoms with Gasteiger partial charge in [0.2, 0.25) is 0 Å². The fraction of sp³-hybridized carbons (Fsp3) is 0.381. The average molecular weight is 528 g/mol. The summed E-state index contributed by atoms with van der Waals surface area (Å²) in [6, 6.07) is 12.4. The second-order valence-electron chi connectivity index (χ2n) is 6.58. The molecule has 2 aromatic carbocycles. The molecule has 9 heteroatoms. The number of nitrogens with zero attached hydrogens (tertiary/aromatic N) is 2. The van der Waals surface area contributed by atoms with Crippen LogP contribution in [0.3, 0.4) is 0 Å². The van der Waals surface area contributed by atoms with Crippen LogP contribution in [0, 0.1) is 10.1 Å². The zero-order valence-corrected chi connectivity index (χ0v) is 20.0. The van der Waals surface area contributed by atoms with E-state index in [0.29, 0.717) is 30.5 Å². The molecule has 30 heavy (non-hydrogen) atoms. The topological polar surface area (TPSA) is 98.0 Å². The minimum atomic E-state index is -0.405. The van der Waals surface area contributed by atoms with E-state index in [1.54, 1.807) is 26.4 Å². The number of nitrogens with one attached hydrogen (secondary N) is 2. The molecule has 0 spiro atoms. The van der Waals surface area contributed by atoms with E-state index in [2.05, 4.69) is 29.5 Å². The fourth-order valence-electron chi connectivity index (χ4n) is 2.56. The maximum Gasteiger partial charge on any atom is 0.269 e. The quantitative estimate of drug-likeness (QED) is 0.166. The first-order valence-electron chi connectivity index (χ1n) is 9.45. The molecule has 0 heterocycles. The van der Waals surface area contributed by atoms with Crippen molar-refractivity contribution in [3.05, 3.63) is 63.7 Å². The predicted molar refractivity (Wildman–Crippen MR) is 129 cm³/mol. The number of benzene rings is 2. The van der Waals surface area contributed by atoms with Gasteiger partial charge in [-0.3, -0.25) is 10.1 Å². The van der Waals surface area contributed by atoms with Crippen molar-refractivity contribution in [1.29, 1.82) is 0 Å². The first-order chi connectivity index (χ1) is 14.0. The Kier molecular flexibility index (Phi) is 10.9. The van der Waals surface area contributed by atoms with Gasteiger partial charge in [0, 0.05) is 24.7 Å². The molecule has 8 nitrogen and oxygen atoms in total. The van der Waals surface area contributed by atoms with Crippen LogP contribution in [0.15, 0.2) is 47.5 Å². The first-order valence-corrected chi connectivity index (χ1v) is 9.45. The van der Waals surface area contributed by atoms with E-state index in [4.69, 9.17) is 9.47 Å². The molecule has 0 radical (unpaired) electrons. The van der Waals surface area contributed by atoms with Gasteiger partial charge in [0.05, 0.1) is 25.7 Å². The van der Waals surface area contributed by atoms with Crippen LogP contribution in [0.1, 0.15) is 31.4 Å². The van der Waals surface area contributed by atoms with E-state index in [9.17, 15) is 10.1 Å². The summed E-state index contributed by atoms with van der Waals surface area (Å²) in [6.45, 7) is 5.15. The normalized spacial score (nSPS) is 11.8. The number of hydrogen-bond acceptors (Lipinski definition) is 5. The molecule has 0 aliphatic heterocycles. The van der Waals surface area contributed by atoms with Crippen molar-refractivity contribution in [2.24, 2.45) is 4.99 Å². The van der Waals surface area contributed by atoms with Gasteiger partial charge >= 0.3 is 0 Å². The molecule has 2 rings (SSSR count). The zero-order valence-electron chi connectivity index (χ0n) is 17.7. The summed E-state index contributed by atoms with van der Waals surface area (Å²) in [5.41, 5.74) is 2.00. The third kappa shape index (κ3) is 7.69. The van der Waals surface area contributed by atoms with Crippen LogP contribution >= 0.6 is 24.0 Å². The van der Waals surface area contributed by atoms with E-state index in [0.717, 1.165) is 17.5 Å². The third-order valence-corrected chi connectivity index (χ3v) is 4.47. The summed E-state index contributed by atoms with van der Waals surface area (Å²) in [5.74, 6) is 2.01. The van der Waals surface area contributed by atoms with Gasteiger partial charge in [-0.25, -0.2) is 4.99 Å². The summed E-state index contributed by atoms with van der Waals surface area (Å²) in [5, 5.41) is 17.4. The Morgan fingerprint density at radius 3 is 2.30 bits per heavy atom. The second-order valence-corrected chi connectivity index (χ2v) is 6.58. The highest BCUT2D eigenvalue weighted by atomic mass is 127. The number of aliphatic imine (C=N–C) groups is 1. The van der Waals surface area contributed by atoms with Gasteiger partial charge < -0.3 is 20.1 Å². The predicted octanol–water partition coefficient (Wildman–Crippen LogP) is 4.26. The van der Waals surface area contributed by atoms with Gasteiger partial charge in [-0.15, -0.1) is 24.0 Å². The molecular formula is C21H29IN4O4. The monoisotopic (exact) mass is 528 g/mol. The lowest BCUT2D eigenvalue weighted by Gasteiger charge is -2.17. The van der Waals surface area contributed by atoms with Crippen molar-refractivity contribution in [2.75, 3.05) is 14.2 Å². The molecule has 0 saturated heterocycles. The molecular weight excluding hydrogens is 499 g/mol. The number of guanidine groups is 1. The molecule has 1 unspecified atom stereocenters. The first kappa shape index (κ1) is 25.5. The number of ether oxygens (including phenoxy) is 2. The standard InChI is InChI=1S/C21H28N4O4.HI/c1-5-15(2)24-21(22-13-16-6-9-18(10-7-16)25(26)27)23-14-17-8-11-19(28-3)20(12-17)29-4;/h6-12,15H,5,13-14H2,1-4H3,(H2,22,23,24);1H. The number of halogens is 1. The number of nitro groups is 1. The Morgan fingerprint density at radius 2 is 1.73 bits per heavy atom. The van der Waals surface area contributed by atoms with Gasteiger partial charge in [0.1, 0.15) is 0 Å². The number of rotatable bonds is 9. The van der Waals surface area contributed by atoms with Crippen molar-refractivity contribution < 1.29 is 14.4 Å². The Morgan fingerprint density at radius 1 is 1.10 bits per heavy atom. The smallest absolute Gasteiger partial charge is 0.269 e. The van der Waals surface area contributed by atoms with Crippen molar-refractivity contribution in [3.63, 3.8) is 0 Å². The zero-order chi connectivity index (χ0) is 21.2. The van der Waals surface area contributed by atoms with Crippen LogP contribution in [0.4, 0.5) is 5.69 Å². The molecule has 2 N–H and O–H groups in total. The molecule has 0 aliphatic rings. The van der Waals surface area contributed by atoms with Crippen molar-refractivity contribution in [1.82, 2.24) is 10.6 Å². The molecule has 0 aliphatic carbocycles. The maximum absolute atomic E-state index is 10.8. The largest absolute Gasteiger partial charge is 0.493 e. The maximum atomic E-state index is 10.8. The summed E-state index contributed by atoms with van der Waals surface area (Å²) in [6.07, 6.45) is 0.953. The molecule has 2 aromatic rings. The number of non-ortho nitro benzene ring substituents is 1. The van der Waals surface area contributed by atoms with Gasteiger partial charge in [-0.2, -0.15) is 0 Å². The lowest BCUT2D eigenvalue weighted by Crippen LogP contribution is -2.41. The van der Waals surface area contributed by atoms with Gasteiger partial charge in [-0.1, -0.05) is 25.1 Å². The van der Waals surface area contributed by atoms with Crippen LogP contribution in [0.5, 0.6) is 11.5 Å². The van der Waals surface area contributed by atoms with E-state index in [1.165, 1.54) is 12.1 Å². The molecule has 0 amide bonds. The van der Waals surface area contributed by atoms with Crippen LogP contribution in [0.2, 0.25) is 0 Å². The van der Waals surface area contributed by atoms with Gasteiger partial charge in [-0.05, 0) is 36.6 Å². The molecule has 1 atom stereocenters. The lowest BCUT2D eigenvalue weighted by atomic mass is 10.2. The van der Waals surface area contributed by atoms with E-state index in [1.807, 2.05) is 18.2 Å². The highest BCUT2D eigenvalue weighted by Gasteiger charge is 2.08. The minimum Gasteiger partial charge on any atom is -0.493 e. The van der Waals surface area contributed by atoms with E-state index < -0.39 is 4.92 Å².